The number of furan rings is 1. The molecule has 0 saturated carbocycles. The van der Waals surface area contributed by atoms with E-state index in [1.54, 1.807) is 17.6 Å². The van der Waals surface area contributed by atoms with Crippen molar-refractivity contribution in [3.63, 3.8) is 0 Å². The molecule has 2 aromatic heterocycles. The van der Waals surface area contributed by atoms with Gasteiger partial charge < -0.3 is 9.52 Å². The Labute approximate surface area is 130 Å². The minimum atomic E-state index is 0.185. The number of hydrogen-bond acceptors (Lipinski definition) is 4. The first-order valence-electron chi connectivity index (χ1n) is 7.29. The first-order valence-corrected chi connectivity index (χ1v) is 8.24. The SMILES string of the molecule is CCC(CO)N(C/C(C)=C/c1ccco1)Cc1ccsc1. The van der Waals surface area contributed by atoms with Crippen LogP contribution in [0.3, 0.4) is 0 Å². The highest BCUT2D eigenvalue weighted by Gasteiger charge is 2.17. The van der Waals surface area contributed by atoms with E-state index in [4.69, 9.17) is 4.42 Å². The van der Waals surface area contributed by atoms with Crippen molar-refractivity contribution in [3.8, 4) is 0 Å². The molecule has 0 aliphatic carbocycles. The van der Waals surface area contributed by atoms with Crippen LogP contribution in [0, 0.1) is 0 Å². The van der Waals surface area contributed by atoms with Crippen molar-refractivity contribution in [2.45, 2.75) is 32.9 Å². The Kier molecular flexibility index (Phi) is 6.23. The second-order valence-corrected chi connectivity index (χ2v) is 6.07. The van der Waals surface area contributed by atoms with E-state index >= 15 is 0 Å². The van der Waals surface area contributed by atoms with Crippen molar-refractivity contribution in [1.82, 2.24) is 4.90 Å². The van der Waals surface area contributed by atoms with E-state index < -0.39 is 0 Å². The van der Waals surface area contributed by atoms with Gasteiger partial charge in [-0.15, -0.1) is 0 Å². The van der Waals surface area contributed by atoms with Gasteiger partial charge in [0, 0.05) is 19.1 Å². The summed E-state index contributed by atoms with van der Waals surface area (Å²) in [6.07, 6.45) is 4.68. The summed E-state index contributed by atoms with van der Waals surface area (Å²) in [4.78, 5) is 2.33. The second-order valence-electron chi connectivity index (χ2n) is 5.29. The fraction of sp³-hybridized carbons (Fsp3) is 0.412. The van der Waals surface area contributed by atoms with Gasteiger partial charge in [-0.2, -0.15) is 11.3 Å². The van der Waals surface area contributed by atoms with Crippen LogP contribution in [0.25, 0.3) is 6.08 Å². The van der Waals surface area contributed by atoms with Crippen LogP contribution in [-0.4, -0.2) is 29.2 Å². The monoisotopic (exact) mass is 305 g/mol. The average Bonchev–Trinajstić information content (AvgIpc) is 3.13. The quantitative estimate of drug-likeness (QED) is 0.800. The fourth-order valence-corrected chi connectivity index (χ4v) is 3.08. The minimum absolute atomic E-state index is 0.185. The largest absolute Gasteiger partial charge is 0.465 e. The van der Waals surface area contributed by atoms with E-state index in [1.165, 1.54) is 11.1 Å². The molecule has 1 N–H and O–H groups in total. The maximum absolute atomic E-state index is 9.62. The Hall–Kier alpha value is -1.36. The van der Waals surface area contributed by atoms with Crippen LogP contribution in [-0.2, 0) is 6.54 Å². The Bertz CT molecular complexity index is 527. The van der Waals surface area contributed by atoms with E-state index in [2.05, 4.69) is 41.6 Å². The first kappa shape index (κ1) is 16.0. The van der Waals surface area contributed by atoms with E-state index in [0.29, 0.717) is 0 Å². The van der Waals surface area contributed by atoms with Crippen molar-refractivity contribution < 1.29 is 9.52 Å². The molecule has 2 rings (SSSR count). The van der Waals surface area contributed by atoms with Crippen molar-refractivity contribution in [2.24, 2.45) is 0 Å². The molecule has 0 saturated heterocycles. The van der Waals surface area contributed by atoms with Crippen molar-refractivity contribution in [3.05, 3.63) is 52.1 Å². The molecule has 1 unspecified atom stereocenters. The minimum Gasteiger partial charge on any atom is -0.465 e. The summed E-state index contributed by atoms with van der Waals surface area (Å²) in [5.41, 5.74) is 2.53. The van der Waals surface area contributed by atoms with Crippen LogP contribution >= 0.6 is 11.3 Å². The molecule has 0 bridgehead atoms. The Balaban J connectivity index is 2.07. The Morgan fingerprint density at radius 2 is 2.33 bits per heavy atom. The van der Waals surface area contributed by atoms with Gasteiger partial charge in [0.25, 0.3) is 0 Å². The third-order valence-electron chi connectivity index (χ3n) is 3.55. The molecule has 1 atom stereocenters. The van der Waals surface area contributed by atoms with Crippen LogP contribution in [0.5, 0.6) is 0 Å². The van der Waals surface area contributed by atoms with Gasteiger partial charge in [-0.05, 0) is 53.9 Å². The molecule has 0 aliphatic rings. The van der Waals surface area contributed by atoms with Gasteiger partial charge in [0.05, 0.1) is 12.9 Å². The molecule has 0 radical (unpaired) electrons. The number of rotatable bonds is 8. The first-order chi connectivity index (χ1) is 10.2. The number of aliphatic hydroxyl groups excluding tert-OH is 1. The lowest BCUT2D eigenvalue weighted by atomic mass is 10.1. The zero-order valence-electron chi connectivity index (χ0n) is 12.7. The fourth-order valence-electron chi connectivity index (χ4n) is 2.42. The summed E-state index contributed by atoms with van der Waals surface area (Å²) in [6.45, 7) is 6.11. The summed E-state index contributed by atoms with van der Waals surface area (Å²) in [7, 11) is 0. The molecule has 2 heterocycles. The summed E-state index contributed by atoms with van der Waals surface area (Å²) in [5, 5.41) is 13.9. The molecule has 0 aliphatic heterocycles. The molecule has 0 fully saturated rings. The van der Waals surface area contributed by atoms with Crippen LogP contribution < -0.4 is 0 Å². The summed E-state index contributed by atoms with van der Waals surface area (Å²) < 4.78 is 5.36. The third kappa shape index (κ3) is 4.84. The van der Waals surface area contributed by atoms with Crippen LogP contribution in [0.1, 0.15) is 31.6 Å². The highest BCUT2D eigenvalue weighted by molar-refractivity contribution is 7.07. The number of hydrogen-bond donors (Lipinski definition) is 1. The van der Waals surface area contributed by atoms with Gasteiger partial charge in [0.2, 0.25) is 0 Å². The van der Waals surface area contributed by atoms with Crippen LogP contribution in [0.15, 0.2) is 45.2 Å². The molecular weight excluding hydrogens is 282 g/mol. The second kappa shape index (κ2) is 8.17. The molecule has 0 amide bonds. The summed E-state index contributed by atoms with van der Waals surface area (Å²) in [5.74, 6) is 0.875. The molecule has 3 nitrogen and oxygen atoms in total. The molecule has 4 heteroatoms. The summed E-state index contributed by atoms with van der Waals surface area (Å²) in [6, 6.07) is 6.18. The maximum atomic E-state index is 9.62. The average molecular weight is 305 g/mol. The molecule has 0 spiro atoms. The lowest BCUT2D eigenvalue weighted by Gasteiger charge is -2.29. The van der Waals surface area contributed by atoms with Gasteiger partial charge in [0.1, 0.15) is 5.76 Å². The van der Waals surface area contributed by atoms with E-state index in [-0.39, 0.29) is 12.6 Å². The van der Waals surface area contributed by atoms with Crippen LogP contribution in [0.2, 0.25) is 0 Å². The normalized spacial score (nSPS) is 13.8. The van der Waals surface area contributed by atoms with E-state index in [9.17, 15) is 5.11 Å². The molecule has 2 aromatic rings. The number of aliphatic hydroxyl groups is 1. The molecule has 0 aromatic carbocycles. The Morgan fingerprint density at radius 3 is 2.90 bits per heavy atom. The van der Waals surface area contributed by atoms with Gasteiger partial charge in [-0.3, -0.25) is 4.90 Å². The third-order valence-corrected chi connectivity index (χ3v) is 4.28. The Morgan fingerprint density at radius 1 is 1.48 bits per heavy atom. The zero-order valence-corrected chi connectivity index (χ0v) is 13.5. The predicted molar refractivity (Wildman–Crippen MR) is 88.3 cm³/mol. The highest BCUT2D eigenvalue weighted by atomic mass is 32.1. The van der Waals surface area contributed by atoms with Crippen molar-refractivity contribution >= 4 is 17.4 Å². The zero-order chi connectivity index (χ0) is 15.1. The molecule has 21 heavy (non-hydrogen) atoms. The predicted octanol–water partition coefficient (Wildman–Crippen LogP) is 4.02. The van der Waals surface area contributed by atoms with Gasteiger partial charge in [-0.1, -0.05) is 12.5 Å². The lowest BCUT2D eigenvalue weighted by molar-refractivity contribution is 0.122. The maximum Gasteiger partial charge on any atom is 0.126 e. The lowest BCUT2D eigenvalue weighted by Crippen LogP contribution is -2.38. The van der Waals surface area contributed by atoms with Crippen LogP contribution in [0.4, 0.5) is 0 Å². The van der Waals surface area contributed by atoms with E-state index in [1.807, 2.05) is 12.1 Å². The number of nitrogens with zero attached hydrogens (tertiary/aromatic N) is 1. The van der Waals surface area contributed by atoms with E-state index in [0.717, 1.165) is 25.3 Å². The van der Waals surface area contributed by atoms with Crippen molar-refractivity contribution in [1.29, 1.82) is 0 Å². The molecule has 114 valence electrons. The smallest absolute Gasteiger partial charge is 0.126 e. The standard InChI is InChI=1S/C17H23NO2S/c1-3-16(12-19)18(11-15-6-8-21-13-15)10-14(2)9-17-5-4-7-20-17/h4-9,13,16,19H,3,10-12H2,1-2H3/b14-9+. The summed E-state index contributed by atoms with van der Waals surface area (Å²) >= 11 is 1.71. The van der Waals surface area contributed by atoms with Crippen molar-refractivity contribution in [2.75, 3.05) is 13.2 Å². The highest BCUT2D eigenvalue weighted by Crippen LogP contribution is 2.16. The van der Waals surface area contributed by atoms with Gasteiger partial charge in [0.15, 0.2) is 0 Å². The van der Waals surface area contributed by atoms with Gasteiger partial charge in [-0.25, -0.2) is 0 Å². The topological polar surface area (TPSA) is 36.6 Å². The van der Waals surface area contributed by atoms with Gasteiger partial charge >= 0.3 is 0 Å². The number of thiophene rings is 1. The molecular formula is C17H23NO2S.